The van der Waals surface area contributed by atoms with Crippen LogP contribution in [-0.4, -0.2) is 13.7 Å². The highest BCUT2D eigenvalue weighted by Gasteiger charge is 2.27. The SMILES string of the molecule is CCCNC(CC1CC1)c1sccc1OC. The van der Waals surface area contributed by atoms with Crippen molar-refractivity contribution in [3.8, 4) is 5.75 Å². The van der Waals surface area contributed by atoms with E-state index in [1.807, 2.05) is 11.3 Å². The van der Waals surface area contributed by atoms with Crippen LogP contribution in [0.5, 0.6) is 5.75 Å². The summed E-state index contributed by atoms with van der Waals surface area (Å²) in [6.45, 7) is 3.31. The Labute approximate surface area is 102 Å². The molecule has 1 aromatic heterocycles. The van der Waals surface area contributed by atoms with Crippen LogP contribution in [0.25, 0.3) is 0 Å². The highest BCUT2D eigenvalue weighted by molar-refractivity contribution is 7.10. The third-order valence-electron chi connectivity index (χ3n) is 3.10. The fraction of sp³-hybridized carbons (Fsp3) is 0.692. The van der Waals surface area contributed by atoms with Gasteiger partial charge in [-0.15, -0.1) is 11.3 Å². The van der Waals surface area contributed by atoms with Gasteiger partial charge >= 0.3 is 0 Å². The van der Waals surface area contributed by atoms with Crippen LogP contribution in [0.4, 0.5) is 0 Å². The minimum Gasteiger partial charge on any atom is -0.496 e. The van der Waals surface area contributed by atoms with E-state index in [0.717, 1.165) is 18.2 Å². The average molecular weight is 239 g/mol. The Morgan fingerprint density at radius 1 is 1.56 bits per heavy atom. The van der Waals surface area contributed by atoms with E-state index in [0.29, 0.717) is 6.04 Å². The second-order valence-corrected chi connectivity index (χ2v) is 5.49. The van der Waals surface area contributed by atoms with E-state index in [9.17, 15) is 0 Å². The molecule has 0 aromatic carbocycles. The normalized spacial score (nSPS) is 17.4. The molecule has 1 aliphatic rings. The van der Waals surface area contributed by atoms with Gasteiger partial charge in [-0.25, -0.2) is 0 Å². The molecule has 0 spiro atoms. The second-order valence-electron chi connectivity index (χ2n) is 4.54. The molecule has 1 aliphatic carbocycles. The first-order chi connectivity index (χ1) is 7.85. The Kier molecular flexibility index (Phi) is 4.24. The Bertz CT molecular complexity index is 319. The Balaban J connectivity index is 2.03. The standard InChI is InChI=1S/C13H21NOS/c1-3-7-14-11(9-10-4-5-10)13-12(15-2)6-8-16-13/h6,8,10-11,14H,3-5,7,9H2,1-2H3. The summed E-state index contributed by atoms with van der Waals surface area (Å²) in [5.41, 5.74) is 0. The van der Waals surface area contributed by atoms with Gasteiger partial charge in [-0.05, 0) is 36.8 Å². The summed E-state index contributed by atoms with van der Waals surface area (Å²) >= 11 is 1.81. The summed E-state index contributed by atoms with van der Waals surface area (Å²) in [7, 11) is 1.76. The molecular formula is C13H21NOS. The maximum atomic E-state index is 5.42. The maximum absolute atomic E-state index is 5.42. The minimum absolute atomic E-state index is 0.502. The quantitative estimate of drug-likeness (QED) is 0.785. The Hall–Kier alpha value is -0.540. The molecule has 1 fully saturated rings. The predicted octanol–water partition coefficient (Wildman–Crippen LogP) is 3.60. The molecule has 3 heteroatoms. The lowest BCUT2D eigenvalue weighted by molar-refractivity contribution is 0.396. The summed E-state index contributed by atoms with van der Waals surface area (Å²) in [5.74, 6) is 2.00. The van der Waals surface area contributed by atoms with Gasteiger partial charge in [0.1, 0.15) is 5.75 Å². The largest absolute Gasteiger partial charge is 0.496 e. The van der Waals surface area contributed by atoms with Crippen molar-refractivity contribution in [1.82, 2.24) is 5.32 Å². The molecule has 0 amide bonds. The average Bonchev–Trinajstić information content (AvgIpc) is 2.99. The van der Waals surface area contributed by atoms with Crippen LogP contribution in [-0.2, 0) is 0 Å². The van der Waals surface area contributed by atoms with Gasteiger partial charge in [-0.1, -0.05) is 19.8 Å². The molecule has 0 radical (unpaired) electrons. The van der Waals surface area contributed by atoms with Crippen molar-refractivity contribution in [2.24, 2.45) is 5.92 Å². The summed E-state index contributed by atoms with van der Waals surface area (Å²) in [4.78, 5) is 1.38. The first-order valence-corrected chi connectivity index (χ1v) is 7.07. The third kappa shape index (κ3) is 2.98. The minimum atomic E-state index is 0.502. The highest BCUT2D eigenvalue weighted by atomic mass is 32.1. The number of nitrogens with one attached hydrogen (secondary N) is 1. The highest BCUT2D eigenvalue weighted by Crippen LogP contribution is 2.41. The van der Waals surface area contributed by atoms with Crippen LogP contribution in [0.3, 0.4) is 0 Å². The van der Waals surface area contributed by atoms with Gasteiger partial charge < -0.3 is 10.1 Å². The van der Waals surface area contributed by atoms with Crippen LogP contribution in [0.1, 0.15) is 43.5 Å². The van der Waals surface area contributed by atoms with Gasteiger partial charge in [0.2, 0.25) is 0 Å². The third-order valence-corrected chi connectivity index (χ3v) is 4.11. The smallest absolute Gasteiger partial charge is 0.134 e. The molecule has 0 aliphatic heterocycles. The van der Waals surface area contributed by atoms with Crippen molar-refractivity contribution in [3.63, 3.8) is 0 Å². The van der Waals surface area contributed by atoms with Crippen LogP contribution in [0.2, 0.25) is 0 Å². The molecule has 0 saturated heterocycles. The molecule has 16 heavy (non-hydrogen) atoms. The number of methoxy groups -OCH3 is 1. The van der Waals surface area contributed by atoms with Gasteiger partial charge in [0.15, 0.2) is 0 Å². The fourth-order valence-corrected chi connectivity index (χ4v) is 2.97. The van der Waals surface area contributed by atoms with Crippen LogP contribution in [0.15, 0.2) is 11.4 Å². The van der Waals surface area contributed by atoms with Crippen molar-refractivity contribution in [2.45, 2.75) is 38.6 Å². The zero-order chi connectivity index (χ0) is 11.4. The first-order valence-electron chi connectivity index (χ1n) is 6.20. The lowest BCUT2D eigenvalue weighted by atomic mass is 10.1. The van der Waals surface area contributed by atoms with Gasteiger partial charge in [0.05, 0.1) is 12.0 Å². The second kappa shape index (κ2) is 5.69. The number of hydrogen-bond acceptors (Lipinski definition) is 3. The zero-order valence-electron chi connectivity index (χ0n) is 10.2. The number of ether oxygens (including phenoxy) is 1. The fourth-order valence-electron chi connectivity index (χ4n) is 2.02. The maximum Gasteiger partial charge on any atom is 0.134 e. The van der Waals surface area contributed by atoms with Crippen molar-refractivity contribution in [2.75, 3.05) is 13.7 Å². The molecular weight excluding hydrogens is 218 g/mol. The molecule has 1 N–H and O–H groups in total. The van der Waals surface area contributed by atoms with Crippen LogP contribution in [0, 0.1) is 5.92 Å². The van der Waals surface area contributed by atoms with E-state index in [4.69, 9.17) is 4.74 Å². The zero-order valence-corrected chi connectivity index (χ0v) is 11.0. The van der Waals surface area contributed by atoms with Crippen molar-refractivity contribution >= 4 is 11.3 Å². The molecule has 1 heterocycles. The molecule has 2 nitrogen and oxygen atoms in total. The number of hydrogen-bond donors (Lipinski definition) is 1. The van der Waals surface area contributed by atoms with Crippen LogP contribution < -0.4 is 10.1 Å². The van der Waals surface area contributed by atoms with E-state index in [2.05, 4.69) is 23.7 Å². The van der Waals surface area contributed by atoms with Gasteiger partial charge in [-0.2, -0.15) is 0 Å². The summed E-state index contributed by atoms with van der Waals surface area (Å²) in [5, 5.41) is 5.77. The summed E-state index contributed by atoms with van der Waals surface area (Å²) < 4.78 is 5.42. The molecule has 0 bridgehead atoms. The molecule has 1 aromatic rings. The van der Waals surface area contributed by atoms with E-state index in [-0.39, 0.29) is 0 Å². The molecule has 90 valence electrons. The monoisotopic (exact) mass is 239 g/mol. The Morgan fingerprint density at radius 2 is 2.38 bits per heavy atom. The topological polar surface area (TPSA) is 21.3 Å². The number of rotatable bonds is 7. The van der Waals surface area contributed by atoms with Gasteiger partial charge in [0, 0.05) is 6.04 Å². The van der Waals surface area contributed by atoms with Crippen molar-refractivity contribution < 1.29 is 4.74 Å². The van der Waals surface area contributed by atoms with E-state index >= 15 is 0 Å². The Morgan fingerprint density at radius 3 is 3.00 bits per heavy atom. The summed E-state index contributed by atoms with van der Waals surface area (Å²) in [6, 6.07) is 2.58. The predicted molar refractivity (Wildman–Crippen MR) is 69.2 cm³/mol. The molecule has 1 saturated carbocycles. The number of thiophene rings is 1. The lowest BCUT2D eigenvalue weighted by Crippen LogP contribution is -2.22. The van der Waals surface area contributed by atoms with E-state index in [1.54, 1.807) is 7.11 Å². The van der Waals surface area contributed by atoms with Crippen molar-refractivity contribution in [1.29, 1.82) is 0 Å². The molecule has 1 unspecified atom stereocenters. The first kappa shape index (κ1) is 11.9. The van der Waals surface area contributed by atoms with Crippen LogP contribution >= 0.6 is 11.3 Å². The van der Waals surface area contributed by atoms with Gasteiger partial charge in [-0.3, -0.25) is 0 Å². The van der Waals surface area contributed by atoms with Gasteiger partial charge in [0.25, 0.3) is 0 Å². The van der Waals surface area contributed by atoms with Crippen molar-refractivity contribution in [3.05, 3.63) is 16.3 Å². The molecule has 1 atom stereocenters. The molecule has 2 rings (SSSR count). The summed E-state index contributed by atoms with van der Waals surface area (Å²) in [6.07, 6.45) is 5.29. The lowest BCUT2D eigenvalue weighted by Gasteiger charge is -2.18. The van der Waals surface area contributed by atoms with E-state index in [1.165, 1.54) is 30.6 Å². The van der Waals surface area contributed by atoms with E-state index < -0.39 is 0 Å².